The van der Waals surface area contributed by atoms with Crippen molar-refractivity contribution in [3.63, 3.8) is 0 Å². The average molecular weight is 836 g/mol. The van der Waals surface area contributed by atoms with Gasteiger partial charge in [0.05, 0.1) is 0 Å². The highest BCUT2D eigenvalue weighted by Gasteiger charge is 2.26. The van der Waals surface area contributed by atoms with Crippen LogP contribution in [0.3, 0.4) is 0 Å². The van der Waals surface area contributed by atoms with E-state index in [-0.39, 0.29) is 23.5 Å². The summed E-state index contributed by atoms with van der Waals surface area (Å²) in [5.41, 5.74) is 5.58. The monoisotopic (exact) mass is 836 g/mol. The molecular formula is C55H97NO4. The van der Waals surface area contributed by atoms with Crippen LogP contribution in [0.1, 0.15) is 235 Å². The summed E-state index contributed by atoms with van der Waals surface area (Å²) in [5.74, 6) is 0.645. The van der Waals surface area contributed by atoms with Crippen LogP contribution in [-0.4, -0.2) is 50.2 Å². The Kier molecular flexibility index (Phi) is 33.5. The minimum atomic E-state index is -0.0988. The van der Waals surface area contributed by atoms with Crippen LogP contribution in [0.2, 0.25) is 0 Å². The summed E-state index contributed by atoms with van der Waals surface area (Å²) in [6, 6.07) is 0. The lowest BCUT2D eigenvalue weighted by molar-refractivity contribution is -0.150. The van der Waals surface area contributed by atoms with Crippen molar-refractivity contribution < 1.29 is 19.1 Å². The van der Waals surface area contributed by atoms with Crippen molar-refractivity contribution in [3.05, 3.63) is 58.7 Å². The summed E-state index contributed by atoms with van der Waals surface area (Å²) in [7, 11) is 4.32. The number of hydrogen-bond donors (Lipinski definition) is 0. The van der Waals surface area contributed by atoms with Gasteiger partial charge in [-0.2, -0.15) is 0 Å². The molecule has 0 radical (unpaired) electrons. The standard InChI is InChI=1S/C55H97NO4/c1-10-12-14-16-18-25-36-51(37-26-19-17-15-13-11-2)60-54(58)39-27-21-20-23-34-50(42-45-56(8)9)35-24-22-28-38-53(57)59-46-43-48(4)32-29-31-47(3)40-41-52-49(5)33-30-44-55(52,6)7/h29,31-32,40-41,43,50-51H,10-28,30,33-39,42,44-46H2,1-9H3/b32-29+,41-40+,47-31+,48-43+. The third-order valence-corrected chi connectivity index (χ3v) is 12.7. The van der Waals surface area contributed by atoms with Crippen LogP contribution in [0.25, 0.3) is 0 Å². The fourth-order valence-corrected chi connectivity index (χ4v) is 8.66. The molecule has 1 unspecified atom stereocenters. The third kappa shape index (κ3) is 30.6. The van der Waals surface area contributed by atoms with Crippen molar-refractivity contribution >= 4 is 11.9 Å². The number of esters is 2. The maximum atomic E-state index is 12.8. The van der Waals surface area contributed by atoms with Gasteiger partial charge in [0.25, 0.3) is 0 Å². The molecule has 0 aromatic rings. The van der Waals surface area contributed by atoms with Crippen molar-refractivity contribution in [2.45, 2.75) is 241 Å². The van der Waals surface area contributed by atoms with Gasteiger partial charge in [0.1, 0.15) is 12.7 Å². The molecule has 1 rings (SSSR count). The quantitative estimate of drug-likeness (QED) is 0.0354. The molecule has 5 heteroatoms. The largest absolute Gasteiger partial charge is 0.462 e. The lowest BCUT2D eigenvalue weighted by Gasteiger charge is -2.32. The average Bonchev–Trinajstić information content (AvgIpc) is 3.19. The van der Waals surface area contributed by atoms with Crippen LogP contribution < -0.4 is 0 Å². The highest BCUT2D eigenvalue weighted by Crippen LogP contribution is 2.40. The number of nitrogens with zero attached hydrogens (tertiary/aromatic N) is 1. The number of rotatable bonds is 37. The Morgan fingerprint density at radius 3 is 1.80 bits per heavy atom. The number of ether oxygens (including phenoxy) is 2. The topological polar surface area (TPSA) is 55.8 Å². The molecule has 0 spiro atoms. The molecule has 0 amide bonds. The van der Waals surface area contributed by atoms with E-state index in [9.17, 15) is 9.59 Å². The molecule has 1 aliphatic carbocycles. The van der Waals surface area contributed by atoms with E-state index >= 15 is 0 Å². The lowest BCUT2D eigenvalue weighted by atomic mass is 9.72. The molecule has 0 saturated carbocycles. The number of carbonyl (C=O) groups excluding carboxylic acids is 2. The molecular weight excluding hydrogens is 739 g/mol. The van der Waals surface area contributed by atoms with E-state index in [1.54, 1.807) is 0 Å². The van der Waals surface area contributed by atoms with E-state index in [1.807, 2.05) is 6.08 Å². The van der Waals surface area contributed by atoms with Crippen LogP contribution in [0, 0.1) is 11.3 Å². The van der Waals surface area contributed by atoms with Crippen LogP contribution in [0.15, 0.2) is 58.7 Å². The molecule has 0 bridgehead atoms. The van der Waals surface area contributed by atoms with Gasteiger partial charge >= 0.3 is 11.9 Å². The van der Waals surface area contributed by atoms with Crippen molar-refractivity contribution in [1.82, 2.24) is 4.90 Å². The van der Waals surface area contributed by atoms with Gasteiger partial charge < -0.3 is 14.4 Å². The Labute approximate surface area is 372 Å². The zero-order valence-corrected chi connectivity index (χ0v) is 41.1. The summed E-state index contributed by atoms with van der Waals surface area (Å²) >= 11 is 0. The second-order valence-electron chi connectivity index (χ2n) is 19.4. The predicted molar refractivity (Wildman–Crippen MR) is 260 cm³/mol. The second-order valence-corrected chi connectivity index (χ2v) is 19.4. The first-order valence-electron chi connectivity index (χ1n) is 25.3. The zero-order chi connectivity index (χ0) is 44.3. The van der Waals surface area contributed by atoms with Crippen molar-refractivity contribution in [2.75, 3.05) is 27.2 Å². The number of allylic oxidation sites excluding steroid dienone is 9. The number of carbonyl (C=O) groups is 2. The maximum absolute atomic E-state index is 12.8. The first kappa shape index (κ1) is 55.6. The first-order valence-corrected chi connectivity index (χ1v) is 25.3. The van der Waals surface area contributed by atoms with E-state index < -0.39 is 0 Å². The molecule has 0 aliphatic heterocycles. The molecule has 5 nitrogen and oxygen atoms in total. The normalized spacial score (nSPS) is 15.6. The molecule has 1 aliphatic rings. The van der Waals surface area contributed by atoms with Gasteiger partial charge in [0, 0.05) is 12.8 Å². The summed E-state index contributed by atoms with van der Waals surface area (Å²) in [6.07, 6.45) is 46.5. The van der Waals surface area contributed by atoms with Crippen LogP contribution >= 0.6 is 0 Å². The Balaban J connectivity index is 2.33. The Morgan fingerprint density at radius 2 is 1.22 bits per heavy atom. The third-order valence-electron chi connectivity index (χ3n) is 12.7. The molecule has 0 N–H and O–H groups in total. The number of unbranched alkanes of at least 4 members (excludes halogenated alkanes) is 15. The minimum absolute atomic E-state index is 0.0258. The van der Waals surface area contributed by atoms with Gasteiger partial charge in [0.2, 0.25) is 0 Å². The Hall–Kier alpha value is -2.40. The highest BCUT2D eigenvalue weighted by molar-refractivity contribution is 5.69. The van der Waals surface area contributed by atoms with Crippen LogP contribution in [0.5, 0.6) is 0 Å². The maximum Gasteiger partial charge on any atom is 0.306 e. The molecule has 1 atom stereocenters. The fourth-order valence-electron chi connectivity index (χ4n) is 8.66. The molecule has 0 fully saturated rings. The summed E-state index contributed by atoms with van der Waals surface area (Å²) in [5, 5.41) is 0. The van der Waals surface area contributed by atoms with Gasteiger partial charge in [-0.05, 0) is 129 Å². The number of hydrogen-bond acceptors (Lipinski definition) is 5. The molecule has 0 heterocycles. The van der Waals surface area contributed by atoms with Gasteiger partial charge in [-0.3, -0.25) is 9.59 Å². The SMILES string of the molecule is CCCCCCCCC(CCCCCCCC)OC(=O)CCCCCCC(CCCCCC(=O)OC/C=C(C)/C=C/C=C(C)/C=C/C1=C(C)CCCC1(C)C)CCN(C)C. The molecule has 0 aromatic heterocycles. The highest BCUT2D eigenvalue weighted by atomic mass is 16.5. The summed E-state index contributed by atoms with van der Waals surface area (Å²) < 4.78 is 11.6. The zero-order valence-electron chi connectivity index (χ0n) is 41.1. The van der Waals surface area contributed by atoms with Crippen LogP contribution in [-0.2, 0) is 19.1 Å². The molecule has 0 saturated heterocycles. The Morgan fingerprint density at radius 1 is 0.683 bits per heavy atom. The molecule has 60 heavy (non-hydrogen) atoms. The van der Waals surface area contributed by atoms with Crippen molar-refractivity contribution in [3.8, 4) is 0 Å². The van der Waals surface area contributed by atoms with Gasteiger partial charge in [-0.25, -0.2) is 0 Å². The molecule has 346 valence electrons. The van der Waals surface area contributed by atoms with Gasteiger partial charge in [-0.15, -0.1) is 0 Å². The van der Waals surface area contributed by atoms with Crippen LogP contribution in [0.4, 0.5) is 0 Å². The summed E-state index contributed by atoms with van der Waals surface area (Å²) in [4.78, 5) is 27.6. The molecule has 0 aromatic carbocycles. The smallest absolute Gasteiger partial charge is 0.306 e. The van der Waals surface area contributed by atoms with Gasteiger partial charge in [-0.1, -0.05) is 184 Å². The second kappa shape index (κ2) is 36.1. The fraction of sp³-hybridized carbons (Fsp3) is 0.782. The predicted octanol–water partition coefficient (Wildman–Crippen LogP) is 16.3. The van der Waals surface area contributed by atoms with Crippen molar-refractivity contribution in [2.24, 2.45) is 11.3 Å². The Bertz CT molecular complexity index is 1250. The first-order chi connectivity index (χ1) is 28.9. The van der Waals surface area contributed by atoms with E-state index in [0.717, 1.165) is 63.0 Å². The lowest BCUT2D eigenvalue weighted by Crippen LogP contribution is -2.19. The van der Waals surface area contributed by atoms with Gasteiger partial charge in [0.15, 0.2) is 0 Å². The van der Waals surface area contributed by atoms with E-state index in [4.69, 9.17) is 9.47 Å². The van der Waals surface area contributed by atoms with E-state index in [0.29, 0.717) is 19.4 Å². The van der Waals surface area contributed by atoms with Crippen molar-refractivity contribution in [1.29, 1.82) is 0 Å². The minimum Gasteiger partial charge on any atom is -0.462 e. The van der Waals surface area contributed by atoms with E-state index in [1.165, 1.54) is 145 Å². The van der Waals surface area contributed by atoms with E-state index in [2.05, 4.69) is 97.8 Å². The summed E-state index contributed by atoms with van der Waals surface area (Å²) in [6.45, 7) is 17.2.